The molecule has 3 heterocycles. The summed E-state index contributed by atoms with van der Waals surface area (Å²) in [5.74, 6) is 0.611. The molecule has 1 aromatic heterocycles. The number of likely N-dealkylation sites (tertiary alicyclic amines) is 1. The van der Waals surface area contributed by atoms with Crippen LogP contribution in [0.1, 0.15) is 26.0 Å². The highest BCUT2D eigenvalue weighted by Crippen LogP contribution is 2.26. The second-order valence-electron chi connectivity index (χ2n) is 7.65. The lowest BCUT2D eigenvalue weighted by Crippen LogP contribution is -2.48. The van der Waals surface area contributed by atoms with E-state index in [4.69, 9.17) is 10.5 Å². The summed E-state index contributed by atoms with van der Waals surface area (Å²) >= 11 is 1.41. The summed E-state index contributed by atoms with van der Waals surface area (Å²) in [6.07, 6.45) is 1.53. The standard InChI is InChI=1S/C18H30N4O3S/c1-12-5-21(6-13(2)25-12)7-14-8-22(9-15(14)10-23)17(24)4-3-16-11-26-18(19)20-16/h11-15,23H,3-10H2,1-2H3,(H2,19,20). The number of aliphatic hydroxyl groups excluding tert-OH is 1. The average molecular weight is 383 g/mol. The number of hydrogen-bond donors (Lipinski definition) is 2. The second kappa shape index (κ2) is 8.65. The van der Waals surface area contributed by atoms with E-state index in [1.807, 2.05) is 10.3 Å². The van der Waals surface area contributed by atoms with E-state index in [1.54, 1.807) is 0 Å². The third-order valence-corrected chi connectivity index (χ3v) is 6.04. The van der Waals surface area contributed by atoms with Crippen LogP contribution in [0.5, 0.6) is 0 Å². The molecule has 1 amide bonds. The summed E-state index contributed by atoms with van der Waals surface area (Å²) in [5, 5.41) is 12.2. The van der Waals surface area contributed by atoms with Gasteiger partial charge in [-0.2, -0.15) is 0 Å². The minimum Gasteiger partial charge on any atom is -0.396 e. The molecule has 8 heteroatoms. The first-order chi connectivity index (χ1) is 12.4. The molecule has 2 aliphatic heterocycles. The van der Waals surface area contributed by atoms with Crippen LogP contribution in [0, 0.1) is 11.8 Å². The van der Waals surface area contributed by atoms with Gasteiger partial charge in [0.15, 0.2) is 5.13 Å². The van der Waals surface area contributed by atoms with Gasteiger partial charge in [0.2, 0.25) is 5.91 Å². The number of aliphatic hydroxyl groups is 1. The van der Waals surface area contributed by atoms with Crippen molar-refractivity contribution in [1.29, 1.82) is 0 Å². The average Bonchev–Trinajstić information content (AvgIpc) is 3.17. The predicted molar refractivity (Wildman–Crippen MR) is 102 cm³/mol. The first-order valence-corrected chi connectivity index (χ1v) is 10.3. The third-order valence-electron chi connectivity index (χ3n) is 5.32. The monoisotopic (exact) mass is 382 g/mol. The van der Waals surface area contributed by atoms with Crippen molar-refractivity contribution in [2.24, 2.45) is 11.8 Å². The van der Waals surface area contributed by atoms with Crippen LogP contribution in [0.2, 0.25) is 0 Å². The van der Waals surface area contributed by atoms with Crippen LogP contribution in [0.15, 0.2) is 5.38 Å². The Kier molecular flexibility index (Phi) is 6.50. The van der Waals surface area contributed by atoms with Gasteiger partial charge < -0.3 is 20.5 Å². The van der Waals surface area contributed by atoms with Gasteiger partial charge in [0, 0.05) is 57.0 Å². The molecule has 0 spiro atoms. The molecule has 0 aliphatic carbocycles. The largest absolute Gasteiger partial charge is 0.396 e. The van der Waals surface area contributed by atoms with Crippen molar-refractivity contribution in [1.82, 2.24) is 14.8 Å². The van der Waals surface area contributed by atoms with Crippen molar-refractivity contribution >= 4 is 22.4 Å². The van der Waals surface area contributed by atoms with E-state index in [1.165, 1.54) is 11.3 Å². The molecular formula is C18H30N4O3S. The number of rotatable bonds is 6. The Hall–Kier alpha value is -1.22. The number of hydrogen-bond acceptors (Lipinski definition) is 7. The van der Waals surface area contributed by atoms with Crippen molar-refractivity contribution in [3.05, 3.63) is 11.1 Å². The Labute approximate surface area is 159 Å². The summed E-state index contributed by atoms with van der Waals surface area (Å²) in [6.45, 7) is 8.44. The van der Waals surface area contributed by atoms with Crippen LogP contribution >= 0.6 is 11.3 Å². The fourth-order valence-corrected chi connectivity index (χ4v) is 4.75. The number of carbonyl (C=O) groups excluding carboxylic acids is 1. The number of amides is 1. The van der Waals surface area contributed by atoms with E-state index >= 15 is 0 Å². The van der Waals surface area contributed by atoms with Gasteiger partial charge in [0.1, 0.15) is 0 Å². The second-order valence-corrected chi connectivity index (χ2v) is 8.54. The maximum absolute atomic E-state index is 12.6. The number of morpholine rings is 1. The minimum atomic E-state index is 0.131. The molecule has 2 fully saturated rings. The number of nitrogens with zero attached hydrogens (tertiary/aromatic N) is 3. The first-order valence-electron chi connectivity index (χ1n) is 9.41. The zero-order valence-corrected chi connectivity index (χ0v) is 16.5. The van der Waals surface area contributed by atoms with Gasteiger partial charge in [-0.05, 0) is 26.2 Å². The fraction of sp³-hybridized carbons (Fsp3) is 0.778. The smallest absolute Gasteiger partial charge is 0.222 e. The van der Waals surface area contributed by atoms with E-state index < -0.39 is 0 Å². The Bertz CT molecular complexity index is 601. The van der Waals surface area contributed by atoms with Gasteiger partial charge in [-0.15, -0.1) is 11.3 Å². The minimum absolute atomic E-state index is 0.131. The highest BCUT2D eigenvalue weighted by atomic mass is 32.1. The zero-order valence-electron chi connectivity index (χ0n) is 15.6. The number of ether oxygens (including phenoxy) is 1. The molecule has 2 saturated heterocycles. The lowest BCUT2D eigenvalue weighted by Gasteiger charge is -2.37. The number of nitrogen functional groups attached to an aromatic ring is 1. The van der Waals surface area contributed by atoms with E-state index in [0.717, 1.165) is 31.9 Å². The summed E-state index contributed by atoms with van der Waals surface area (Å²) in [5.41, 5.74) is 6.52. The molecule has 2 aliphatic rings. The Morgan fingerprint density at radius 1 is 1.31 bits per heavy atom. The quantitative estimate of drug-likeness (QED) is 0.757. The Morgan fingerprint density at radius 2 is 2.00 bits per heavy atom. The van der Waals surface area contributed by atoms with Gasteiger partial charge in [0.25, 0.3) is 0 Å². The van der Waals surface area contributed by atoms with Crippen molar-refractivity contribution in [3.8, 4) is 0 Å². The molecule has 0 radical (unpaired) electrons. The summed E-state index contributed by atoms with van der Waals surface area (Å²) in [7, 11) is 0. The third kappa shape index (κ3) is 4.94. The number of nitrogens with two attached hydrogens (primary N) is 1. The highest BCUT2D eigenvalue weighted by molar-refractivity contribution is 7.13. The molecule has 0 bridgehead atoms. The Morgan fingerprint density at radius 3 is 2.62 bits per heavy atom. The van der Waals surface area contributed by atoms with Crippen molar-refractivity contribution in [2.45, 2.75) is 38.9 Å². The maximum atomic E-state index is 12.6. The SMILES string of the molecule is CC1CN(CC2CN(C(=O)CCc3csc(N)n3)CC2CO)CC(C)O1. The number of aromatic nitrogens is 1. The van der Waals surface area contributed by atoms with Crippen molar-refractivity contribution in [3.63, 3.8) is 0 Å². The van der Waals surface area contributed by atoms with Crippen LogP contribution in [0.3, 0.4) is 0 Å². The van der Waals surface area contributed by atoms with E-state index in [0.29, 0.717) is 30.4 Å². The predicted octanol–water partition coefficient (Wildman–Crippen LogP) is 0.834. The fourth-order valence-electron chi connectivity index (χ4n) is 4.15. The molecule has 4 atom stereocenters. The lowest BCUT2D eigenvalue weighted by atomic mass is 9.96. The summed E-state index contributed by atoms with van der Waals surface area (Å²) < 4.78 is 5.80. The summed E-state index contributed by atoms with van der Waals surface area (Å²) in [6, 6.07) is 0. The van der Waals surface area contributed by atoms with Crippen molar-refractivity contribution < 1.29 is 14.6 Å². The summed E-state index contributed by atoms with van der Waals surface area (Å²) in [4.78, 5) is 21.1. The van der Waals surface area contributed by atoms with Gasteiger partial charge in [-0.3, -0.25) is 9.69 Å². The van der Waals surface area contributed by atoms with Gasteiger partial charge >= 0.3 is 0 Å². The van der Waals surface area contributed by atoms with Crippen LogP contribution < -0.4 is 5.73 Å². The number of aryl methyl sites for hydroxylation is 1. The van der Waals surface area contributed by atoms with E-state index in [9.17, 15) is 9.90 Å². The van der Waals surface area contributed by atoms with Crippen LogP contribution in [-0.4, -0.2) is 77.3 Å². The molecule has 0 saturated carbocycles. The molecule has 1 aromatic rings. The van der Waals surface area contributed by atoms with E-state index in [2.05, 4.69) is 23.7 Å². The molecule has 146 valence electrons. The first kappa shape index (κ1) is 19.5. The zero-order chi connectivity index (χ0) is 18.7. The molecule has 0 aromatic carbocycles. The lowest BCUT2D eigenvalue weighted by molar-refractivity contribution is -0.130. The highest BCUT2D eigenvalue weighted by Gasteiger charge is 2.36. The molecule has 3 N–H and O–H groups in total. The number of thiazole rings is 1. The number of carbonyl (C=O) groups is 1. The Balaban J connectivity index is 1.51. The van der Waals surface area contributed by atoms with Gasteiger partial charge in [0.05, 0.1) is 17.9 Å². The van der Waals surface area contributed by atoms with Crippen LogP contribution in [0.4, 0.5) is 5.13 Å². The van der Waals surface area contributed by atoms with Crippen LogP contribution in [-0.2, 0) is 16.0 Å². The number of anilines is 1. The van der Waals surface area contributed by atoms with E-state index in [-0.39, 0.29) is 30.6 Å². The van der Waals surface area contributed by atoms with Gasteiger partial charge in [-0.25, -0.2) is 4.98 Å². The topological polar surface area (TPSA) is 91.9 Å². The van der Waals surface area contributed by atoms with Crippen LogP contribution in [0.25, 0.3) is 0 Å². The normalized spacial score (nSPS) is 30.0. The van der Waals surface area contributed by atoms with Crippen molar-refractivity contribution in [2.75, 3.05) is 45.1 Å². The maximum Gasteiger partial charge on any atom is 0.222 e. The molecule has 7 nitrogen and oxygen atoms in total. The van der Waals surface area contributed by atoms with Gasteiger partial charge in [-0.1, -0.05) is 0 Å². The molecular weight excluding hydrogens is 352 g/mol. The molecule has 4 unspecified atom stereocenters. The molecule has 3 rings (SSSR count). The molecule has 26 heavy (non-hydrogen) atoms.